The first-order valence-electron chi connectivity index (χ1n) is 6.08. The van der Waals surface area contributed by atoms with Gasteiger partial charge in [0.05, 0.1) is 11.6 Å². The predicted octanol–water partition coefficient (Wildman–Crippen LogP) is 1.24. The van der Waals surface area contributed by atoms with Crippen LogP contribution in [0.2, 0.25) is 0 Å². The largest absolute Gasteiger partial charge is 0.390 e. The normalized spacial score (nSPS) is 14.6. The summed E-state index contributed by atoms with van der Waals surface area (Å²) in [5.74, 6) is 0. The highest BCUT2D eigenvalue weighted by Gasteiger charge is 2.19. The minimum absolute atomic E-state index is 0.508. The van der Waals surface area contributed by atoms with E-state index >= 15 is 0 Å². The fraction of sp³-hybridized carbons (Fsp3) is 0.357. The lowest BCUT2D eigenvalue weighted by Gasteiger charge is -2.19. The number of fused-ring (bicyclic) bond motifs is 1. The maximum atomic E-state index is 10.2. The van der Waals surface area contributed by atoms with Crippen LogP contribution in [-0.2, 0) is 0 Å². The predicted molar refractivity (Wildman–Crippen MR) is 71.3 cm³/mol. The summed E-state index contributed by atoms with van der Waals surface area (Å²) in [6, 6.07) is 9.31. The summed E-state index contributed by atoms with van der Waals surface area (Å²) >= 11 is 0. The van der Waals surface area contributed by atoms with Crippen molar-refractivity contribution in [3.05, 3.63) is 42.1 Å². The molecule has 4 nitrogen and oxygen atoms in total. The zero-order valence-electron chi connectivity index (χ0n) is 10.4. The summed E-state index contributed by atoms with van der Waals surface area (Å²) in [6.07, 6.45) is 0.569. The molecule has 0 spiro atoms. The topological polar surface area (TPSA) is 65.4 Å². The van der Waals surface area contributed by atoms with Crippen LogP contribution in [0.25, 0.3) is 10.9 Å². The Morgan fingerprint density at radius 1 is 1.22 bits per heavy atom. The molecule has 0 aliphatic carbocycles. The van der Waals surface area contributed by atoms with Gasteiger partial charge >= 0.3 is 0 Å². The highest BCUT2D eigenvalue weighted by molar-refractivity contribution is 5.82. The van der Waals surface area contributed by atoms with Crippen molar-refractivity contribution in [1.29, 1.82) is 0 Å². The second-order valence-electron chi connectivity index (χ2n) is 4.32. The molecule has 2 unspecified atom stereocenters. The van der Waals surface area contributed by atoms with E-state index in [1.54, 1.807) is 6.20 Å². The third kappa shape index (κ3) is 2.67. The van der Waals surface area contributed by atoms with E-state index in [2.05, 4.69) is 10.3 Å². The molecule has 0 bridgehead atoms. The molecule has 2 atom stereocenters. The summed E-state index contributed by atoms with van der Waals surface area (Å²) in [7, 11) is 1.82. The van der Waals surface area contributed by atoms with E-state index in [1.165, 1.54) is 0 Å². The first kappa shape index (κ1) is 13.0. The van der Waals surface area contributed by atoms with Crippen molar-refractivity contribution in [2.45, 2.75) is 18.6 Å². The fourth-order valence-corrected chi connectivity index (χ4v) is 2.04. The van der Waals surface area contributed by atoms with Gasteiger partial charge in [-0.05, 0) is 37.7 Å². The molecule has 96 valence electrons. The molecule has 0 aliphatic rings. The van der Waals surface area contributed by atoms with E-state index in [-0.39, 0.29) is 0 Å². The van der Waals surface area contributed by atoms with Gasteiger partial charge in [0.1, 0.15) is 6.10 Å². The van der Waals surface area contributed by atoms with Crippen LogP contribution in [0.15, 0.2) is 36.5 Å². The van der Waals surface area contributed by atoms with E-state index in [4.69, 9.17) is 0 Å². The molecular weight excluding hydrogens is 228 g/mol. The van der Waals surface area contributed by atoms with Gasteiger partial charge < -0.3 is 15.5 Å². The molecule has 1 heterocycles. The highest BCUT2D eigenvalue weighted by atomic mass is 16.3. The van der Waals surface area contributed by atoms with Gasteiger partial charge in [0.2, 0.25) is 0 Å². The van der Waals surface area contributed by atoms with E-state index in [9.17, 15) is 10.2 Å². The van der Waals surface area contributed by atoms with Crippen molar-refractivity contribution in [2.75, 3.05) is 13.6 Å². The Labute approximate surface area is 106 Å². The smallest absolute Gasteiger partial charge is 0.106 e. The van der Waals surface area contributed by atoms with Gasteiger partial charge in [0, 0.05) is 11.6 Å². The average molecular weight is 246 g/mol. The molecule has 2 rings (SSSR count). The van der Waals surface area contributed by atoms with Gasteiger partial charge in [-0.15, -0.1) is 0 Å². The number of benzene rings is 1. The van der Waals surface area contributed by atoms with Crippen LogP contribution < -0.4 is 5.32 Å². The van der Waals surface area contributed by atoms with Crippen LogP contribution in [0, 0.1) is 0 Å². The number of aromatic nitrogens is 1. The van der Waals surface area contributed by atoms with Gasteiger partial charge in [0.15, 0.2) is 0 Å². The lowest BCUT2D eigenvalue weighted by molar-refractivity contribution is 0.0149. The number of nitrogens with zero attached hydrogens (tertiary/aromatic N) is 1. The summed E-state index contributed by atoms with van der Waals surface area (Å²) in [4.78, 5) is 4.24. The first-order valence-corrected chi connectivity index (χ1v) is 6.08. The van der Waals surface area contributed by atoms with Crippen LogP contribution in [0.5, 0.6) is 0 Å². The zero-order chi connectivity index (χ0) is 13.0. The summed E-state index contributed by atoms with van der Waals surface area (Å²) in [5.41, 5.74) is 1.55. The minimum atomic E-state index is -0.883. The van der Waals surface area contributed by atoms with Crippen LogP contribution in [0.4, 0.5) is 0 Å². The second kappa shape index (κ2) is 5.91. The van der Waals surface area contributed by atoms with Crippen molar-refractivity contribution in [1.82, 2.24) is 10.3 Å². The molecule has 1 aromatic heterocycles. The van der Waals surface area contributed by atoms with Crippen LogP contribution in [-0.4, -0.2) is 34.9 Å². The highest BCUT2D eigenvalue weighted by Crippen LogP contribution is 2.26. The van der Waals surface area contributed by atoms with Gasteiger partial charge in [-0.1, -0.05) is 18.2 Å². The summed E-state index contributed by atoms with van der Waals surface area (Å²) in [5, 5.41) is 24.0. The molecule has 3 N–H and O–H groups in total. The molecule has 0 saturated carbocycles. The van der Waals surface area contributed by atoms with E-state index < -0.39 is 12.2 Å². The number of hydrogen-bond acceptors (Lipinski definition) is 4. The lowest BCUT2D eigenvalue weighted by atomic mass is 9.98. The van der Waals surface area contributed by atoms with Crippen LogP contribution >= 0.6 is 0 Å². The monoisotopic (exact) mass is 246 g/mol. The Hall–Kier alpha value is -1.49. The van der Waals surface area contributed by atoms with Crippen LogP contribution in [0.3, 0.4) is 0 Å². The number of hydrogen-bond donors (Lipinski definition) is 3. The Bertz CT molecular complexity index is 511. The zero-order valence-corrected chi connectivity index (χ0v) is 10.4. The molecule has 0 aliphatic heterocycles. The number of pyridine rings is 1. The van der Waals surface area contributed by atoms with Crippen molar-refractivity contribution < 1.29 is 10.2 Å². The Morgan fingerprint density at radius 3 is 2.83 bits per heavy atom. The van der Waals surface area contributed by atoms with E-state index in [1.807, 2.05) is 37.4 Å². The number of aliphatic hydroxyl groups excluding tert-OH is 2. The molecule has 1 aromatic carbocycles. The third-order valence-electron chi connectivity index (χ3n) is 3.05. The third-order valence-corrected chi connectivity index (χ3v) is 3.05. The van der Waals surface area contributed by atoms with Gasteiger partial charge in [-0.2, -0.15) is 0 Å². The molecule has 4 heteroatoms. The second-order valence-corrected chi connectivity index (χ2v) is 4.32. The van der Waals surface area contributed by atoms with E-state index in [0.29, 0.717) is 13.0 Å². The van der Waals surface area contributed by atoms with E-state index in [0.717, 1.165) is 16.5 Å². The first-order chi connectivity index (χ1) is 8.74. The van der Waals surface area contributed by atoms with Crippen molar-refractivity contribution in [3.63, 3.8) is 0 Å². The average Bonchev–Trinajstić information content (AvgIpc) is 2.43. The summed E-state index contributed by atoms with van der Waals surface area (Å²) in [6.45, 7) is 0.668. The fourth-order valence-electron chi connectivity index (χ4n) is 2.04. The van der Waals surface area contributed by atoms with Crippen molar-refractivity contribution in [3.8, 4) is 0 Å². The molecule has 0 saturated heterocycles. The molecular formula is C14H18N2O2. The molecule has 0 radical (unpaired) electrons. The van der Waals surface area contributed by atoms with Gasteiger partial charge in [0.25, 0.3) is 0 Å². The Balaban J connectivity index is 2.29. The summed E-state index contributed by atoms with van der Waals surface area (Å²) < 4.78 is 0. The molecule has 0 amide bonds. The SMILES string of the molecule is CNCCC(O)C(O)c1cccc2ncccc12. The Morgan fingerprint density at radius 2 is 2.06 bits per heavy atom. The quantitative estimate of drug-likeness (QED) is 0.742. The lowest BCUT2D eigenvalue weighted by Crippen LogP contribution is -2.23. The maximum absolute atomic E-state index is 10.2. The molecule has 18 heavy (non-hydrogen) atoms. The standard InChI is InChI=1S/C14H18N2O2/c1-15-9-7-13(17)14(18)11-4-2-6-12-10(11)5-3-8-16-12/h2-6,8,13-15,17-18H,7,9H2,1H3. The van der Waals surface area contributed by atoms with Crippen LogP contribution in [0.1, 0.15) is 18.1 Å². The number of rotatable bonds is 5. The van der Waals surface area contributed by atoms with Gasteiger partial charge in [-0.3, -0.25) is 4.98 Å². The number of nitrogens with one attached hydrogen (secondary N) is 1. The molecule has 2 aromatic rings. The number of aliphatic hydroxyl groups is 2. The molecule has 0 fully saturated rings. The Kier molecular flexibility index (Phi) is 4.25. The van der Waals surface area contributed by atoms with Crippen molar-refractivity contribution >= 4 is 10.9 Å². The van der Waals surface area contributed by atoms with Crippen molar-refractivity contribution in [2.24, 2.45) is 0 Å². The minimum Gasteiger partial charge on any atom is -0.390 e. The van der Waals surface area contributed by atoms with Gasteiger partial charge in [-0.25, -0.2) is 0 Å². The maximum Gasteiger partial charge on any atom is 0.106 e.